The molecule has 0 N–H and O–H groups in total. The standard InChI is InChI=1S/C27H30O7/c1-13-15(14-7-9-32-12-14)10-16-20(13)27(4)17(11-19(29)31-5)26(3)18(28)6-8-25(2)22(26)21(23(27)33-16)34-24(25)30/h6-9,12,15-17,21-23H,10-11H2,1-5H3/t15?,16-,17+,21+,22-,23+,25+,26-,27+/m0/s1. The Balaban J connectivity index is 1.58. The Labute approximate surface area is 198 Å². The molecule has 3 fully saturated rings. The molecule has 7 heteroatoms. The van der Waals surface area contributed by atoms with Gasteiger partial charge in [-0.3, -0.25) is 14.4 Å². The van der Waals surface area contributed by atoms with Crippen molar-refractivity contribution in [2.45, 2.75) is 64.8 Å². The lowest BCUT2D eigenvalue weighted by atomic mass is 9.42. The summed E-state index contributed by atoms with van der Waals surface area (Å²) in [5.74, 6) is -1.46. The van der Waals surface area contributed by atoms with Crippen molar-refractivity contribution in [1.82, 2.24) is 0 Å². The van der Waals surface area contributed by atoms with E-state index in [0.717, 1.165) is 17.6 Å². The summed E-state index contributed by atoms with van der Waals surface area (Å²) >= 11 is 0. The average molecular weight is 467 g/mol. The SMILES string of the molecule is COC(=O)C[C@H]1[C@]2(C)C3=C(C)C(c4ccoc4)C[C@@H]3O[C@@H]2[C@@H]2OC(=O)[C@]3(C)C=CC(=O)[C@@]1(C)[C@@H]23. The van der Waals surface area contributed by atoms with Gasteiger partial charge in [0, 0.05) is 22.7 Å². The van der Waals surface area contributed by atoms with Gasteiger partial charge in [0.1, 0.15) is 12.2 Å². The smallest absolute Gasteiger partial charge is 0.316 e. The van der Waals surface area contributed by atoms with Crippen LogP contribution in [0.5, 0.6) is 0 Å². The van der Waals surface area contributed by atoms with Crippen molar-refractivity contribution in [2.75, 3.05) is 7.11 Å². The van der Waals surface area contributed by atoms with Gasteiger partial charge in [-0.25, -0.2) is 0 Å². The normalized spacial score (nSPS) is 46.3. The second-order valence-corrected chi connectivity index (χ2v) is 11.2. The van der Waals surface area contributed by atoms with Crippen LogP contribution in [0.2, 0.25) is 0 Å². The molecular formula is C27H30O7. The van der Waals surface area contributed by atoms with Crippen molar-refractivity contribution in [3.05, 3.63) is 47.5 Å². The predicted octanol–water partition coefficient (Wildman–Crippen LogP) is 3.74. The molecular weight excluding hydrogens is 436 g/mol. The number of hydrogen-bond donors (Lipinski definition) is 0. The fourth-order valence-electron chi connectivity index (χ4n) is 8.41. The molecule has 6 rings (SSSR count). The molecule has 34 heavy (non-hydrogen) atoms. The van der Waals surface area contributed by atoms with Crippen LogP contribution in [0.1, 0.15) is 52.0 Å². The Morgan fingerprint density at radius 3 is 2.65 bits per heavy atom. The Bertz CT molecular complexity index is 1160. The first-order valence-corrected chi connectivity index (χ1v) is 12.0. The maximum absolute atomic E-state index is 13.7. The van der Waals surface area contributed by atoms with E-state index in [1.165, 1.54) is 18.8 Å². The molecule has 0 spiro atoms. The lowest BCUT2D eigenvalue weighted by Crippen LogP contribution is -2.66. The molecule has 1 aromatic heterocycles. The Morgan fingerprint density at radius 2 is 1.97 bits per heavy atom. The van der Waals surface area contributed by atoms with Crippen LogP contribution < -0.4 is 0 Å². The summed E-state index contributed by atoms with van der Waals surface area (Å²) in [5.41, 5.74) is 0.794. The monoisotopic (exact) mass is 466 g/mol. The van der Waals surface area contributed by atoms with E-state index in [9.17, 15) is 14.4 Å². The molecule has 0 aromatic carbocycles. The van der Waals surface area contributed by atoms with E-state index < -0.39 is 40.3 Å². The summed E-state index contributed by atoms with van der Waals surface area (Å²) in [6.45, 7) is 7.96. The van der Waals surface area contributed by atoms with E-state index >= 15 is 0 Å². The first-order chi connectivity index (χ1) is 16.1. The van der Waals surface area contributed by atoms with E-state index in [1.807, 2.05) is 19.9 Å². The van der Waals surface area contributed by atoms with Gasteiger partial charge in [-0.1, -0.05) is 25.5 Å². The zero-order valence-electron chi connectivity index (χ0n) is 20.1. The molecule has 2 aliphatic heterocycles. The fourth-order valence-corrected chi connectivity index (χ4v) is 8.41. The number of methoxy groups -OCH3 is 1. The van der Waals surface area contributed by atoms with Crippen LogP contribution in [-0.4, -0.2) is 43.1 Å². The molecule has 7 nitrogen and oxygen atoms in total. The zero-order valence-corrected chi connectivity index (χ0v) is 20.1. The summed E-state index contributed by atoms with van der Waals surface area (Å²) in [4.78, 5) is 39.6. The molecule has 2 saturated heterocycles. The molecule has 5 aliphatic rings. The van der Waals surface area contributed by atoms with E-state index in [0.29, 0.717) is 0 Å². The molecule has 1 unspecified atom stereocenters. The molecule has 9 atom stereocenters. The van der Waals surface area contributed by atoms with Gasteiger partial charge < -0.3 is 18.6 Å². The quantitative estimate of drug-likeness (QED) is 0.495. The summed E-state index contributed by atoms with van der Waals surface area (Å²) in [5, 5.41) is 0. The first-order valence-electron chi connectivity index (χ1n) is 12.0. The van der Waals surface area contributed by atoms with Crippen molar-refractivity contribution < 1.29 is 33.0 Å². The molecule has 1 aromatic rings. The number of allylic oxidation sites excluding steroid dienone is 2. The maximum atomic E-state index is 13.7. The van der Waals surface area contributed by atoms with E-state index in [4.69, 9.17) is 18.6 Å². The number of ether oxygens (including phenoxy) is 3. The fraction of sp³-hybridized carbons (Fsp3) is 0.593. The van der Waals surface area contributed by atoms with E-state index in [-0.39, 0.29) is 36.2 Å². The second kappa shape index (κ2) is 6.72. The van der Waals surface area contributed by atoms with Crippen LogP contribution >= 0.6 is 0 Å². The summed E-state index contributed by atoms with van der Waals surface area (Å²) in [6, 6.07) is 1.97. The number of ketones is 1. The Hall–Kier alpha value is -2.67. The first kappa shape index (κ1) is 21.8. The number of esters is 2. The molecule has 0 bridgehead atoms. The van der Waals surface area contributed by atoms with Crippen molar-refractivity contribution in [2.24, 2.45) is 28.1 Å². The topological polar surface area (TPSA) is 92.0 Å². The van der Waals surface area contributed by atoms with Crippen LogP contribution in [0.3, 0.4) is 0 Å². The van der Waals surface area contributed by atoms with Crippen LogP contribution in [0.15, 0.2) is 46.3 Å². The number of carbonyl (C=O) groups excluding carboxylic acids is 3. The lowest BCUT2D eigenvalue weighted by molar-refractivity contribution is -0.190. The van der Waals surface area contributed by atoms with Gasteiger partial charge in [0.05, 0.1) is 37.6 Å². The Morgan fingerprint density at radius 1 is 1.21 bits per heavy atom. The second-order valence-electron chi connectivity index (χ2n) is 11.2. The minimum atomic E-state index is -0.987. The van der Waals surface area contributed by atoms with Crippen molar-refractivity contribution in [3.63, 3.8) is 0 Å². The molecule has 1 saturated carbocycles. The molecule has 0 amide bonds. The van der Waals surface area contributed by atoms with E-state index in [1.54, 1.807) is 18.6 Å². The number of hydrogen-bond acceptors (Lipinski definition) is 7. The number of carbonyl (C=O) groups is 3. The van der Waals surface area contributed by atoms with E-state index in [2.05, 4.69) is 13.8 Å². The van der Waals surface area contributed by atoms with Crippen molar-refractivity contribution in [3.8, 4) is 0 Å². The summed E-state index contributed by atoms with van der Waals surface area (Å²) in [7, 11) is 1.37. The number of rotatable bonds is 3. The highest BCUT2D eigenvalue weighted by Gasteiger charge is 2.77. The van der Waals surface area contributed by atoms with Crippen LogP contribution in [-0.2, 0) is 28.6 Å². The average Bonchev–Trinajstić information content (AvgIpc) is 3.54. The van der Waals surface area contributed by atoms with Gasteiger partial charge >= 0.3 is 11.9 Å². The molecule has 0 radical (unpaired) electrons. The highest BCUT2D eigenvalue weighted by atomic mass is 16.6. The largest absolute Gasteiger partial charge is 0.472 e. The van der Waals surface area contributed by atoms with Crippen molar-refractivity contribution >= 4 is 17.7 Å². The van der Waals surface area contributed by atoms with Gasteiger partial charge in [0.2, 0.25) is 0 Å². The van der Waals surface area contributed by atoms with Crippen LogP contribution in [0.25, 0.3) is 0 Å². The number of fused-ring (bicyclic) bond motifs is 4. The predicted molar refractivity (Wildman–Crippen MR) is 119 cm³/mol. The highest BCUT2D eigenvalue weighted by Crippen LogP contribution is 2.72. The minimum Gasteiger partial charge on any atom is -0.472 e. The van der Waals surface area contributed by atoms with Gasteiger partial charge in [-0.15, -0.1) is 0 Å². The van der Waals surface area contributed by atoms with Gasteiger partial charge in [-0.2, -0.15) is 0 Å². The molecule has 3 heterocycles. The molecule has 180 valence electrons. The third-order valence-electron chi connectivity index (χ3n) is 9.91. The summed E-state index contributed by atoms with van der Waals surface area (Å²) in [6.07, 6.45) is 6.29. The van der Waals surface area contributed by atoms with Crippen LogP contribution in [0, 0.1) is 28.1 Å². The molecule has 3 aliphatic carbocycles. The van der Waals surface area contributed by atoms with Crippen molar-refractivity contribution in [1.29, 1.82) is 0 Å². The summed E-state index contributed by atoms with van der Waals surface area (Å²) < 4.78 is 23.2. The van der Waals surface area contributed by atoms with Gasteiger partial charge in [0.15, 0.2) is 5.78 Å². The highest BCUT2D eigenvalue weighted by molar-refractivity contribution is 6.00. The van der Waals surface area contributed by atoms with Gasteiger partial charge in [-0.05, 0) is 49.5 Å². The maximum Gasteiger partial charge on any atom is 0.316 e. The Kier molecular flexibility index (Phi) is 4.31. The lowest BCUT2D eigenvalue weighted by Gasteiger charge is -2.59. The van der Waals surface area contributed by atoms with Crippen LogP contribution in [0.4, 0.5) is 0 Å². The number of furan rings is 1. The van der Waals surface area contributed by atoms with Gasteiger partial charge in [0.25, 0.3) is 0 Å². The zero-order chi connectivity index (χ0) is 24.2. The minimum absolute atomic E-state index is 0.0658. The third kappa shape index (κ3) is 2.34. The third-order valence-corrected chi connectivity index (χ3v) is 9.91.